The van der Waals surface area contributed by atoms with E-state index in [0.29, 0.717) is 28.7 Å². The predicted molar refractivity (Wildman–Crippen MR) is 111 cm³/mol. The Bertz CT molecular complexity index is 933. The Morgan fingerprint density at radius 3 is 2.73 bits per heavy atom. The van der Waals surface area contributed by atoms with Crippen molar-refractivity contribution in [3.63, 3.8) is 0 Å². The van der Waals surface area contributed by atoms with Gasteiger partial charge in [-0.2, -0.15) is 0 Å². The van der Waals surface area contributed by atoms with Crippen LogP contribution in [0.5, 0.6) is 5.75 Å². The minimum absolute atomic E-state index is 0.167. The zero-order valence-electron chi connectivity index (χ0n) is 16.5. The lowest BCUT2D eigenvalue weighted by Crippen LogP contribution is -2.30. The van der Waals surface area contributed by atoms with Crippen LogP contribution in [-0.2, 0) is 0 Å². The molecule has 0 bridgehead atoms. The van der Waals surface area contributed by atoms with E-state index in [1.54, 1.807) is 4.90 Å². The number of nitrogens with zero attached hydrogens (tertiary/aromatic N) is 4. The molecule has 0 saturated carbocycles. The van der Waals surface area contributed by atoms with Gasteiger partial charge in [-0.25, -0.2) is 14.4 Å². The van der Waals surface area contributed by atoms with Crippen molar-refractivity contribution in [2.75, 3.05) is 39.3 Å². The minimum atomic E-state index is -0.454. The number of hydrogen-bond donors (Lipinski definition) is 1. The van der Waals surface area contributed by atoms with E-state index in [1.807, 2.05) is 0 Å². The SMILES string of the molecule is N=C1CN(C(=O)c2ccc(F)cc2OCCN2CCCC2)CC1c1ncc(Cl)cn1. The molecule has 2 aromatic rings. The van der Waals surface area contributed by atoms with Gasteiger partial charge in [0.2, 0.25) is 0 Å². The van der Waals surface area contributed by atoms with E-state index in [1.165, 1.54) is 43.4 Å². The first kappa shape index (κ1) is 20.7. The van der Waals surface area contributed by atoms with Gasteiger partial charge < -0.3 is 15.0 Å². The van der Waals surface area contributed by atoms with E-state index in [4.69, 9.17) is 21.7 Å². The van der Waals surface area contributed by atoms with Crippen LogP contribution in [0, 0.1) is 11.2 Å². The highest BCUT2D eigenvalue weighted by atomic mass is 35.5. The summed E-state index contributed by atoms with van der Waals surface area (Å²) in [6.45, 7) is 3.67. The molecule has 0 aliphatic carbocycles. The average molecular weight is 432 g/mol. The molecule has 1 amide bonds. The second kappa shape index (κ2) is 9.06. The van der Waals surface area contributed by atoms with Crippen molar-refractivity contribution in [2.24, 2.45) is 0 Å². The molecule has 3 heterocycles. The summed E-state index contributed by atoms with van der Waals surface area (Å²) < 4.78 is 19.6. The fourth-order valence-corrected chi connectivity index (χ4v) is 3.96. The summed E-state index contributed by atoms with van der Waals surface area (Å²) in [5.41, 5.74) is 0.646. The summed E-state index contributed by atoms with van der Waals surface area (Å²) in [5, 5.41) is 8.69. The molecule has 0 radical (unpaired) electrons. The lowest BCUT2D eigenvalue weighted by Gasteiger charge is -2.19. The van der Waals surface area contributed by atoms with Crippen LogP contribution >= 0.6 is 11.6 Å². The van der Waals surface area contributed by atoms with Gasteiger partial charge in [-0.15, -0.1) is 0 Å². The molecule has 1 atom stereocenters. The minimum Gasteiger partial charge on any atom is -0.491 e. The van der Waals surface area contributed by atoms with E-state index in [9.17, 15) is 9.18 Å². The molecule has 2 fully saturated rings. The van der Waals surface area contributed by atoms with E-state index in [2.05, 4.69) is 14.9 Å². The summed E-state index contributed by atoms with van der Waals surface area (Å²) in [5.74, 6) is -0.444. The zero-order valence-corrected chi connectivity index (χ0v) is 17.2. The van der Waals surface area contributed by atoms with Gasteiger partial charge in [0, 0.05) is 37.3 Å². The number of hydrogen-bond acceptors (Lipinski definition) is 6. The Kier molecular flexibility index (Phi) is 6.24. The molecule has 30 heavy (non-hydrogen) atoms. The number of benzene rings is 1. The Balaban J connectivity index is 1.46. The molecule has 2 aliphatic heterocycles. The Morgan fingerprint density at radius 2 is 2.00 bits per heavy atom. The summed E-state index contributed by atoms with van der Waals surface area (Å²) in [6.07, 6.45) is 5.33. The third kappa shape index (κ3) is 4.60. The average Bonchev–Trinajstić information content (AvgIpc) is 3.38. The van der Waals surface area contributed by atoms with Crippen molar-refractivity contribution in [1.29, 1.82) is 5.41 Å². The molecule has 1 unspecified atom stereocenters. The first-order valence-corrected chi connectivity index (χ1v) is 10.4. The molecule has 158 valence electrons. The molecule has 2 saturated heterocycles. The summed E-state index contributed by atoms with van der Waals surface area (Å²) >= 11 is 5.84. The summed E-state index contributed by atoms with van der Waals surface area (Å²) in [4.78, 5) is 25.3. The highest BCUT2D eigenvalue weighted by Gasteiger charge is 2.35. The fourth-order valence-electron chi connectivity index (χ4n) is 3.86. The number of nitrogens with one attached hydrogen (secondary N) is 1. The second-order valence-electron chi connectivity index (χ2n) is 7.56. The van der Waals surface area contributed by atoms with Crippen LogP contribution in [0.2, 0.25) is 5.02 Å². The third-order valence-electron chi connectivity index (χ3n) is 5.46. The number of likely N-dealkylation sites (tertiary alicyclic amines) is 2. The number of rotatable bonds is 6. The first-order chi connectivity index (χ1) is 14.5. The largest absolute Gasteiger partial charge is 0.491 e. The first-order valence-electron chi connectivity index (χ1n) is 10.00. The topological polar surface area (TPSA) is 82.4 Å². The number of amides is 1. The quantitative estimate of drug-likeness (QED) is 0.760. The van der Waals surface area contributed by atoms with Gasteiger partial charge in [0.15, 0.2) is 0 Å². The van der Waals surface area contributed by atoms with Crippen LogP contribution in [0.3, 0.4) is 0 Å². The van der Waals surface area contributed by atoms with E-state index < -0.39 is 5.82 Å². The number of halogens is 2. The van der Waals surface area contributed by atoms with Gasteiger partial charge in [-0.1, -0.05) is 11.6 Å². The predicted octanol–water partition coefficient (Wildman–Crippen LogP) is 3.00. The number of aromatic nitrogens is 2. The Labute approximate surface area is 179 Å². The number of ether oxygens (including phenoxy) is 1. The maximum Gasteiger partial charge on any atom is 0.257 e. The van der Waals surface area contributed by atoms with Crippen molar-refractivity contribution >= 4 is 23.2 Å². The highest BCUT2D eigenvalue weighted by Crippen LogP contribution is 2.27. The highest BCUT2D eigenvalue weighted by molar-refractivity contribution is 6.30. The van der Waals surface area contributed by atoms with Gasteiger partial charge in [-0.3, -0.25) is 9.69 Å². The molecule has 1 aromatic carbocycles. The lowest BCUT2D eigenvalue weighted by molar-refractivity contribution is 0.0790. The zero-order chi connectivity index (χ0) is 21.1. The van der Waals surface area contributed by atoms with Crippen molar-refractivity contribution in [1.82, 2.24) is 19.8 Å². The van der Waals surface area contributed by atoms with Crippen LogP contribution in [0.4, 0.5) is 4.39 Å². The molecular weight excluding hydrogens is 409 g/mol. The van der Waals surface area contributed by atoms with Crippen molar-refractivity contribution in [3.05, 3.63) is 52.8 Å². The summed E-state index contributed by atoms with van der Waals surface area (Å²) in [6, 6.07) is 3.94. The second-order valence-corrected chi connectivity index (χ2v) is 8.00. The van der Waals surface area contributed by atoms with Crippen LogP contribution < -0.4 is 4.74 Å². The molecular formula is C21H23ClFN5O2. The van der Waals surface area contributed by atoms with Crippen LogP contribution in [-0.4, -0.2) is 70.7 Å². The lowest BCUT2D eigenvalue weighted by atomic mass is 10.1. The number of carbonyl (C=O) groups is 1. The van der Waals surface area contributed by atoms with Gasteiger partial charge >= 0.3 is 0 Å². The smallest absolute Gasteiger partial charge is 0.257 e. The van der Waals surface area contributed by atoms with Crippen molar-refractivity contribution < 1.29 is 13.9 Å². The Morgan fingerprint density at radius 1 is 1.27 bits per heavy atom. The molecule has 2 aliphatic rings. The van der Waals surface area contributed by atoms with Crippen LogP contribution in [0.25, 0.3) is 0 Å². The van der Waals surface area contributed by atoms with Gasteiger partial charge in [0.05, 0.1) is 23.0 Å². The standard InChI is InChI=1S/C21H23ClFN5O2/c22-14-10-25-20(26-11-14)17-12-28(13-18(17)24)21(29)16-4-3-15(23)9-19(16)30-8-7-27-5-1-2-6-27/h3-4,9-11,17,24H,1-2,5-8,12-13H2. The maximum atomic E-state index is 13.8. The van der Waals surface area contributed by atoms with Crippen LogP contribution in [0.1, 0.15) is 34.9 Å². The normalized spacial score (nSPS) is 19.5. The summed E-state index contributed by atoms with van der Waals surface area (Å²) in [7, 11) is 0. The molecule has 1 aromatic heterocycles. The van der Waals surface area contributed by atoms with E-state index in [0.717, 1.165) is 19.6 Å². The molecule has 4 rings (SSSR count). The Hall–Kier alpha value is -2.58. The third-order valence-corrected chi connectivity index (χ3v) is 5.66. The van der Waals surface area contributed by atoms with E-state index in [-0.39, 0.29) is 30.7 Å². The molecule has 7 nitrogen and oxygen atoms in total. The maximum absolute atomic E-state index is 13.8. The van der Waals surface area contributed by atoms with Crippen molar-refractivity contribution in [3.8, 4) is 5.75 Å². The monoisotopic (exact) mass is 431 g/mol. The molecule has 1 N–H and O–H groups in total. The van der Waals surface area contributed by atoms with Gasteiger partial charge in [-0.05, 0) is 38.1 Å². The van der Waals surface area contributed by atoms with Crippen molar-refractivity contribution in [2.45, 2.75) is 18.8 Å². The fraction of sp³-hybridized carbons (Fsp3) is 0.429. The molecule has 0 spiro atoms. The van der Waals surface area contributed by atoms with Gasteiger partial charge in [0.25, 0.3) is 5.91 Å². The van der Waals surface area contributed by atoms with Gasteiger partial charge in [0.1, 0.15) is 24.0 Å². The van der Waals surface area contributed by atoms with Crippen LogP contribution in [0.15, 0.2) is 30.6 Å². The number of carbonyl (C=O) groups excluding carboxylic acids is 1. The molecule has 9 heteroatoms. The van der Waals surface area contributed by atoms with E-state index >= 15 is 0 Å².